The van der Waals surface area contributed by atoms with E-state index < -0.39 is 0 Å². The van der Waals surface area contributed by atoms with Crippen molar-refractivity contribution >= 4 is 17.5 Å². The zero-order valence-corrected chi connectivity index (χ0v) is 9.52. The van der Waals surface area contributed by atoms with Gasteiger partial charge in [-0.2, -0.15) is 0 Å². The minimum atomic E-state index is 0.0812. The molecule has 74 valence electrons. The van der Waals surface area contributed by atoms with Crippen LogP contribution < -0.4 is 0 Å². The zero-order chi connectivity index (χ0) is 10.6. The molecule has 0 spiro atoms. The molecule has 0 aliphatic carbocycles. The molecule has 1 aromatic carbocycles. The second-order valence-corrected chi connectivity index (χ2v) is 4.19. The smallest absolute Gasteiger partial charge is 0.185 e. The van der Waals surface area contributed by atoms with Gasteiger partial charge in [0.1, 0.15) is 0 Å². The van der Waals surface area contributed by atoms with Crippen LogP contribution in [-0.4, -0.2) is 12.0 Å². The predicted molar refractivity (Wildman–Crippen MR) is 62.0 cm³/mol. The molecule has 1 aromatic rings. The van der Waals surface area contributed by atoms with Crippen molar-refractivity contribution in [2.45, 2.75) is 18.7 Å². The molecular weight excluding hydrogens is 192 g/mol. The molecule has 0 atom stereocenters. The van der Waals surface area contributed by atoms with Gasteiger partial charge in [0.15, 0.2) is 5.78 Å². The molecule has 0 bridgehead atoms. The number of ketones is 1. The van der Waals surface area contributed by atoms with Crippen molar-refractivity contribution in [1.82, 2.24) is 0 Å². The van der Waals surface area contributed by atoms with Crippen LogP contribution in [0.15, 0.2) is 40.8 Å². The Bertz CT molecular complexity index is 345. The van der Waals surface area contributed by atoms with Gasteiger partial charge in [-0.1, -0.05) is 5.57 Å². The number of carbonyl (C=O) groups excluding carboxylic acids is 1. The van der Waals surface area contributed by atoms with E-state index in [0.717, 1.165) is 11.1 Å². The van der Waals surface area contributed by atoms with Crippen molar-refractivity contribution in [2.24, 2.45) is 0 Å². The Kier molecular flexibility index (Phi) is 3.96. The van der Waals surface area contributed by atoms with E-state index >= 15 is 0 Å². The molecule has 14 heavy (non-hydrogen) atoms. The monoisotopic (exact) mass is 206 g/mol. The quantitative estimate of drug-likeness (QED) is 0.427. The Morgan fingerprint density at radius 3 is 2.21 bits per heavy atom. The lowest BCUT2D eigenvalue weighted by Crippen LogP contribution is -1.94. The lowest BCUT2D eigenvalue weighted by atomic mass is 10.1. The molecule has 0 saturated heterocycles. The fourth-order valence-corrected chi connectivity index (χ4v) is 1.51. The number of thioether (sulfide) groups is 1. The number of hydrogen-bond acceptors (Lipinski definition) is 2. The van der Waals surface area contributed by atoms with Gasteiger partial charge >= 0.3 is 0 Å². The molecule has 0 unspecified atom stereocenters. The van der Waals surface area contributed by atoms with Crippen LogP contribution >= 0.6 is 11.8 Å². The average Bonchev–Trinajstić information content (AvgIpc) is 2.17. The summed E-state index contributed by atoms with van der Waals surface area (Å²) in [5.41, 5.74) is 1.79. The van der Waals surface area contributed by atoms with Crippen LogP contribution in [0.25, 0.3) is 0 Å². The molecule has 0 aliphatic heterocycles. The van der Waals surface area contributed by atoms with Crippen LogP contribution in [0, 0.1) is 0 Å². The van der Waals surface area contributed by atoms with Crippen molar-refractivity contribution < 1.29 is 4.79 Å². The maximum atomic E-state index is 11.6. The summed E-state index contributed by atoms with van der Waals surface area (Å²) in [6.07, 6.45) is 3.68. The number of allylic oxidation sites excluding steroid dienone is 2. The minimum Gasteiger partial charge on any atom is -0.289 e. The zero-order valence-electron chi connectivity index (χ0n) is 8.70. The Balaban J connectivity index is 2.87. The topological polar surface area (TPSA) is 17.1 Å². The molecule has 0 saturated carbocycles. The normalized spacial score (nSPS) is 9.64. The van der Waals surface area contributed by atoms with Gasteiger partial charge in [-0.15, -0.1) is 11.8 Å². The SMILES string of the molecule is CSc1ccc(C(=O)C=C(C)C)cc1. The Hall–Kier alpha value is -1.02. The molecule has 0 aliphatic rings. The highest BCUT2D eigenvalue weighted by atomic mass is 32.2. The first-order chi connectivity index (χ1) is 6.63. The molecule has 0 radical (unpaired) electrons. The van der Waals surface area contributed by atoms with Crippen molar-refractivity contribution in [3.63, 3.8) is 0 Å². The molecule has 0 N–H and O–H groups in total. The van der Waals surface area contributed by atoms with E-state index in [1.165, 1.54) is 4.90 Å². The van der Waals surface area contributed by atoms with Crippen LogP contribution in [0.3, 0.4) is 0 Å². The van der Waals surface area contributed by atoms with E-state index in [-0.39, 0.29) is 5.78 Å². The van der Waals surface area contributed by atoms with Crippen molar-refractivity contribution in [3.05, 3.63) is 41.5 Å². The molecule has 1 rings (SSSR count). The molecular formula is C12H14OS. The van der Waals surface area contributed by atoms with Crippen molar-refractivity contribution in [1.29, 1.82) is 0 Å². The highest BCUT2D eigenvalue weighted by Crippen LogP contribution is 2.15. The van der Waals surface area contributed by atoms with Gasteiger partial charge in [-0.05, 0) is 50.4 Å². The maximum Gasteiger partial charge on any atom is 0.185 e. The Morgan fingerprint density at radius 2 is 1.79 bits per heavy atom. The number of rotatable bonds is 3. The molecule has 2 heteroatoms. The van der Waals surface area contributed by atoms with Gasteiger partial charge in [-0.25, -0.2) is 0 Å². The van der Waals surface area contributed by atoms with Gasteiger partial charge in [0, 0.05) is 10.5 Å². The highest BCUT2D eigenvalue weighted by Gasteiger charge is 2.01. The summed E-state index contributed by atoms with van der Waals surface area (Å²) in [7, 11) is 0. The lowest BCUT2D eigenvalue weighted by Gasteiger charge is -1.98. The van der Waals surface area contributed by atoms with Gasteiger partial charge in [0.05, 0.1) is 0 Å². The van der Waals surface area contributed by atoms with Crippen LogP contribution in [0.2, 0.25) is 0 Å². The largest absolute Gasteiger partial charge is 0.289 e. The first-order valence-corrected chi connectivity index (χ1v) is 5.69. The fourth-order valence-electron chi connectivity index (χ4n) is 1.10. The van der Waals surface area contributed by atoms with Crippen molar-refractivity contribution in [2.75, 3.05) is 6.26 Å². The van der Waals surface area contributed by atoms with Crippen LogP contribution in [0.4, 0.5) is 0 Å². The standard InChI is InChI=1S/C12H14OS/c1-9(2)8-12(13)10-4-6-11(14-3)7-5-10/h4-8H,1-3H3. The summed E-state index contributed by atoms with van der Waals surface area (Å²) in [5, 5.41) is 0. The van der Waals surface area contributed by atoms with Gasteiger partial charge in [0.25, 0.3) is 0 Å². The van der Waals surface area contributed by atoms with Gasteiger partial charge in [0.2, 0.25) is 0 Å². The van der Waals surface area contributed by atoms with E-state index in [1.54, 1.807) is 17.8 Å². The van der Waals surface area contributed by atoms with E-state index in [1.807, 2.05) is 44.4 Å². The summed E-state index contributed by atoms with van der Waals surface area (Å²) in [6.45, 7) is 3.85. The summed E-state index contributed by atoms with van der Waals surface area (Å²) >= 11 is 1.68. The number of carbonyl (C=O) groups is 1. The number of benzene rings is 1. The molecule has 0 aromatic heterocycles. The summed E-state index contributed by atoms with van der Waals surface area (Å²) < 4.78 is 0. The Morgan fingerprint density at radius 1 is 1.21 bits per heavy atom. The van der Waals surface area contributed by atoms with E-state index in [0.29, 0.717) is 0 Å². The summed E-state index contributed by atoms with van der Waals surface area (Å²) in [6, 6.07) is 7.68. The fraction of sp³-hybridized carbons (Fsp3) is 0.250. The predicted octanol–water partition coefficient (Wildman–Crippen LogP) is 3.56. The van der Waals surface area contributed by atoms with E-state index in [2.05, 4.69) is 0 Å². The molecule has 0 amide bonds. The minimum absolute atomic E-state index is 0.0812. The van der Waals surface area contributed by atoms with E-state index in [4.69, 9.17) is 0 Å². The second-order valence-electron chi connectivity index (χ2n) is 3.31. The first-order valence-electron chi connectivity index (χ1n) is 4.47. The third kappa shape index (κ3) is 3.04. The third-order valence-corrected chi connectivity index (χ3v) is 2.54. The maximum absolute atomic E-state index is 11.6. The van der Waals surface area contributed by atoms with Crippen LogP contribution in [-0.2, 0) is 0 Å². The highest BCUT2D eigenvalue weighted by molar-refractivity contribution is 7.98. The summed E-state index contributed by atoms with van der Waals surface area (Å²) in [4.78, 5) is 12.8. The van der Waals surface area contributed by atoms with Crippen LogP contribution in [0.1, 0.15) is 24.2 Å². The second kappa shape index (κ2) is 5.01. The number of hydrogen-bond donors (Lipinski definition) is 0. The molecule has 0 heterocycles. The van der Waals surface area contributed by atoms with E-state index in [9.17, 15) is 4.79 Å². The third-order valence-electron chi connectivity index (χ3n) is 1.79. The van der Waals surface area contributed by atoms with Gasteiger partial charge < -0.3 is 0 Å². The van der Waals surface area contributed by atoms with Crippen molar-refractivity contribution in [3.8, 4) is 0 Å². The van der Waals surface area contributed by atoms with Crippen LogP contribution in [0.5, 0.6) is 0 Å². The first kappa shape index (κ1) is 11.1. The Labute approximate surface area is 89.2 Å². The average molecular weight is 206 g/mol. The molecule has 0 fully saturated rings. The lowest BCUT2D eigenvalue weighted by molar-refractivity contribution is 0.104. The summed E-state index contributed by atoms with van der Waals surface area (Å²) in [5.74, 6) is 0.0812. The van der Waals surface area contributed by atoms with Gasteiger partial charge in [-0.3, -0.25) is 4.79 Å². The molecule has 1 nitrogen and oxygen atoms in total.